The van der Waals surface area contributed by atoms with Crippen molar-refractivity contribution in [3.63, 3.8) is 0 Å². The van der Waals surface area contributed by atoms with Crippen LogP contribution in [0, 0.1) is 5.92 Å². The molecule has 0 saturated heterocycles. The summed E-state index contributed by atoms with van der Waals surface area (Å²) in [7, 11) is 0. The third kappa shape index (κ3) is 1.53. The molecule has 0 amide bonds. The Kier molecular flexibility index (Phi) is 2.43. The molecule has 4 rings (SSSR count). The van der Waals surface area contributed by atoms with E-state index in [1.165, 1.54) is 38.5 Å². The molecule has 0 aromatic heterocycles. The van der Waals surface area contributed by atoms with Gasteiger partial charge in [-0.25, -0.2) is 0 Å². The topological polar surface area (TPSA) is 12.4 Å². The highest BCUT2D eigenvalue weighted by molar-refractivity contribution is 6.18. The second-order valence-corrected chi connectivity index (χ2v) is 5.85. The first-order chi connectivity index (χ1) is 9.75. The molecular weight excluding hydrogens is 242 g/mol. The van der Waals surface area contributed by atoms with Crippen molar-refractivity contribution < 1.29 is 0 Å². The summed E-state index contributed by atoms with van der Waals surface area (Å²) < 4.78 is 0. The monoisotopic (exact) mass is 259 g/mol. The summed E-state index contributed by atoms with van der Waals surface area (Å²) >= 11 is 0. The Bertz CT molecular complexity index is 856. The first-order valence-corrected chi connectivity index (χ1v) is 7.25. The van der Waals surface area contributed by atoms with Gasteiger partial charge in [0.05, 0.1) is 5.69 Å². The molecule has 0 bridgehead atoms. The molecule has 3 aromatic rings. The Morgan fingerprint density at radius 1 is 0.800 bits per heavy atom. The maximum atomic E-state index is 4.95. The van der Waals surface area contributed by atoms with Gasteiger partial charge in [0.1, 0.15) is 0 Å². The van der Waals surface area contributed by atoms with Gasteiger partial charge in [0.15, 0.2) is 0 Å². The second kappa shape index (κ2) is 4.17. The van der Waals surface area contributed by atoms with Crippen molar-refractivity contribution in [2.24, 2.45) is 10.9 Å². The van der Waals surface area contributed by atoms with Gasteiger partial charge in [0.2, 0.25) is 0 Å². The summed E-state index contributed by atoms with van der Waals surface area (Å²) in [5.41, 5.74) is 3.91. The summed E-state index contributed by atoms with van der Waals surface area (Å²) in [5.74, 6) is 0.514. The summed E-state index contributed by atoms with van der Waals surface area (Å²) in [6.07, 6.45) is 0.998. The smallest absolute Gasteiger partial charge is 0.0749 e. The lowest BCUT2D eigenvalue weighted by Crippen LogP contribution is -2.06. The van der Waals surface area contributed by atoms with E-state index in [0.717, 1.165) is 6.42 Å². The molecule has 0 spiro atoms. The molecule has 1 aliphatic heterocycles. The quantitative estimate of drug-likeness (QED) is 0.527. The lowest BCUT2D eigenvalue weighted by atomic mass is 9.93. The predicted molar refractivity (Wildman–Crippen MR) is 87.1 cm³/mol. The fourth-order valence-corrected chi connectivity index (χ4v) is 3.20. The van der Waals surface area contributed by atoms with Crippen LogP contribution in [0.15, 0.2) is 53.5 Å². The average molecular weight is 259 g/mol. The zero-order valence-corrected chi connectivity index (χ0v) is 11.9. The molecule has 0 saturated carbocycles. The molecule has 20 heavy (non-hydrogen) atoms. The molecule has 0 radical (unpaired) electrons. The van der Waals surface area contributed by atoms with Crippen molar-refractivity contribution in [3.05, 3.63) is 54.1 Å². The van der Waals surface area contributed by atoms with E-state index in [-0.39, 0.29) is 0 Å². The molecule has 1 heteroatoms. The van der Waals surface area contributed by atoms with E-state index in [1.54, 1.807) is 0 Å². The highest BCUT2D eigenvalue weighted by Gasteiger charge is 2.22. The molecule has 0 atom stereocenters. The minimum atomic E-state index is 0.514. The van der Waals surface area contributed by atoms with E-state index < -0.39 is 0 Å². The highest BCUT2D eigenvalue weighted by atomic mass is 14.8. The Morgan fingerprint density at radius 3 is 2.00 bits per heavy atom. The van der Waals surface area contributed by atoms with E-state index >= 15 is 0 Å². The van der Waals surface area contributed by atoms with Crippen LogP contribution in [0.3, 0.4) is 0 Å². The fourth-order valence-electron chi connectivity index (χ4n) is 3.20. The maximum Gasteiger partial charge on any atom is 0.0749 e. The molecule has 0 fully saturated rings. The Labute approximate surface area is 119 Å². The number of rotatable bonds is 1. The largest absolute Gasteiger partial charge is 0.256 e. The number of fused-ring (bicyclic) bond motifs is 6. The summed E-state index contributed by atoms with van der Waals surface area (Å²) in [4.78, 5) is 4.95. The van der Waals surface area contributed by atoms with Crippen molar-refractivity contribution in [1.29, 1.82) is 0 Å². The van der Waals surface area contributed by atoms with Crippen LogP contribution < -0.4 is 0 Å². The van der Waals surface area contributed by atoms with Crippen LogP contribution in [0.5, 0.6) is 0 Å². The van der Waals surface area contributed by atoms with Gasteiger partial charge >= 0.3 is 0 Å². The van der Waals surface area contributed by atoms with E-state index in [0.29, 0.717) is 5.92 Å². The van der Waals surface area contributed by atoms with Gasteiger partial charge in [0.25, 0.3) is 0 Å². The van der Waals surface area contributed by atoms with Crippen molar-refractivity contribution in [1.82, 2.24) is 0 Å². The SMILES string of the molecule is CC(C)C1=Nc2c(c3ccccc3c3ccccc23)C1. The van der Waals surface area contributed by atoms with Gasteiger partial charge in [-0.15, -0.1) is 0 Å². The molecule has 0 aliphatic carbocycles. The first kappa shape index (κ1) is 11.7. The number of benzene rings is 3. The number of aliphatic imine (C=N–C) groups is 1. The van der Waals surface area contributed by atoms with Crippen LogP contribution >= 0.6 is 0 Å². The molecule has 98 valence electrons. The minimum Gasteiger partial charge on any atom is -0.256 e. The molecule has 1 nitrogen and oxygen atoms in total. The van der Waals surface area contributed by atoms with Crippen molar-refractivity contribution in [2.75, 3.05) is 0 Å². The van der Waals surface area contributed by atoms with Crippen molar-refractivity contribution in [2.45, 2.75) is 20.3 Å². The second-order valence-electron chi connectivity index (χ2n) is 5.85. The first-order valence-electron chi connectivity index (χ1n) is 7.25. The Balaban J connectivity index is 2.17. The fraction of sp³-hybridized carbons (Fsp3) is 0.211. The van der Waals surface area contributed by atoms with Crippen LogP contribution in [-0.4, -0.2) is 5.71 Å². The lowest BCUT2D eigenvalue weighted by Gasteiger charge is -2.10. The van der Waals surface area contributed by atoms with E-state index in [4.69, 9.17) is 4.99 Å². The normalized spacial score (nSPS) is 14.1. The molecule has 0 N–H and O–H groups in total. The maximum absolute atomic E-state index is 4.95. The van der Waals surface area contributed by atoms with E-state index in [1.807, 2.05) is 0 Å². The van der Waals surface area contributed by atoms with Crippen LogP contribution in [-0.2, 0) is 6.42 Å². The van der Waals surface area contributed by atoms with Crippen molar-refractivity contribution >= 4 is 32.9 Å². The van der Waals surface area contributed by atoms with Crippen LogP contribution in [0.2, 0.25) is 0 Å². The number of hydrogen-bond acceptors (Lipinski definition) is 1. The Hall–Kier alpha value is -2.15. The van der Waals surface area contributed by atoms with Gasteiger partial charge in [0, 0.05) is 17.5 Å². The molecule has 1 heterocycles. The average Bonchev–Trinajstić information content (AvgIpc) is 2.93. The Morgan fingerprint density at radius 2 is 1.35 bits per heavy atom. The van der Waals surface area contributed by atoms with E-state index in [2.05, 4.69) is 62.4 Å². The molecule has 0 unspecified atom stereocenters. The van der Waals surface area contributed by atoms with Crippen LogP contribution in [0.25, 0.3) is 21.5 Å². The van der Waals surface area contributed by atoms with Gasteiger partial charge in [-0.2, -0.15) is 0 Å². The third-order valence-corrected chi connectivity index (χ3v) is 4.29. The van der Waals surface area contributed by atoms with Gasteiger partial charge in [-0.3, -0.25) is 4.99 Å². The predicted octanol–water partition coefficient (Wildman–Crippen LogP) is 5.28. The zero-order valence-electron chi connectivity index (χ0n) is 11.9. The zero-order chi connectivity index (χ0) is 13.7. The van der Waals surface area contributed by atoms with Gasteiger partial charge < -0.3 is 0 Å². The number of hydrogen-bond donors (Lipinski definition) is 0. The van der Waals surface area contributed by atoms with Crippen LogP contribution in [0.1, 0.15) is 19.4 Å². The number of nitrogens with zero attached hydrogens (tertiary/aromatic N) is 1. The lowest BCUT2D eigenvalue weighted by molar-refractivity contribution is 0.872. The van der Waals surface area contributed by atoms with Crippen LogP contribution in [0.4, 0.5) is 5.69 Å². The van der Waals surface area contributed by atoms with E-state index in [9.17, 15) is 0 Å². The molecule has 3 aromatic carbocycles. The molecule has 1 aliphatic rings. The standard InChI is InChI=1S/C19H17N/c1-12(2)18-11-17-15-9-4-3-7-13(15)14-8-5-6-10-16(14)19(17)20-18/h3-10,12H,11H2,1-2H3. The third-order valence-electron chi connectivity index (χ3n) is 4.29. The highest BCUT2D eigenvalue weighted by Crippen LogP contribution is 2.42. The minimum absolute atomic E-state index is 0.514. The summed E-state index contributed by atoms with van der Waals surface area (Å²) in [6.45, 7) is 4.46. The summed E-state index contributed by atoms with van der Waals surface area (Å²) in [6, 6.07) is 17.4. The van der Waals surface area contributed by atoms with Gasteiger partial charge in [-0.05, 0) is 27.6 Å². The summed E-state index contributed by atoms with van der Waals surface area (Å²) in [5, 5.41) is 5.31. The van der Waals surface area contributed by atoms with Crippen molar-refractivity contribution in [3.8, 4) is 0 Å². The van der Waals surface area contributed by atoms with Gasteiger partial charge in [-0.1, -0.05) is 62.4 Å². The molecular formula is C19H17N.